The molecule has 0 unspecified atom stereocenters. The van der Waals surface area contributed by atoms with Gasteiger partial charge in [-0.05, 0) is 32.0 Å². The maximum atomic E-state index is 12.7. The Morgan fingerprint density at radius 3 is 2.48 bits per heavy atom. The van der Waals surface area contributed by atoms with Gasteiger partial charge in [-0.25, -0.2) is 4.98 Å². The van der Waals surface area contributed by atoms with Gasteiger partial charge in [0.1, 0.15) is 5.82 Å². The molecule has 1 N–H and O–H groups in total. The van der Waals surface area contributed by atoms with Gasteiger partial charge in [-0.2, -0.15) is 4.98 Å². The zero-order valence-electron chi connectivity index (χ0n) is 18.5. The fourth-order valence-electron chi connectivity index (χ4n) is 4.45. The number of benzene rings is 1. The molecule has 8 heteroatoms. The maximum Gasteiger partial charge on any atom is 0.256 e. The number of hydrogen-bond acceptors (Lipinski definition) is 6. The van der Waals surface area contributed by atoms with E-state index in [-0.39, 0.29) is 18.0 Å². The van der Waals surface area contributed by atoms with Gasteiger partial charge in [0.2, 0.25) is 17.9 Å². The van der Waals surface area contributed by atoms with Gasteiger partial charge < -0.3 is 10.2 Å². The summed E-state index contributed by atoms with van der Waals surface area (Å²) in [5.74, 6) is 1.25. The molecule has 31 heavy (non-hydrogen) atoms. The van der Waals surface area contributed by atoms with E-state index in [0.29, 0.717) is 23.9 Å². The van der Waals surface area contributed by atoms with E-state index in [4.69, 9.17) is 0 Å². The Bertz CT molecular complexity index is 949. The van der Waals surface area contributed by atoms with E-state index in [2.05, 4.69) is 41.1 Å². The summed E-state index contributed by atoms with van der Waals surface area (Å²) >= 11 is 0. The van der Waals surface area contributed by atoms with E-state index in [1.54, 1.807) is 6.20 Å². The van der Waals surface area contributed by atoms with Crippen molar-refractivity contribution in [3.05, 3.63) is 40.9 Å². The van der Waals surface area contributed by atoms with Gasteiger partial charge in [0.15, 0.2) is 0 Å². The maximum absolute atomic E-state index is 12.7. The minimum absolute atomic E-state index is 0.0312. The predicted octanol–water partition coefficient (Wildman–Crippen LogP) is 3.80. The van der Waals surface area contributed by atoms with Crippen LogP contribution in [0.1, 0.15) is 45.1 Å². The zero-order chi connectivity index (χ0) is 22.0. The SMILES string of the molecule is CCC(CC)N1C(=O)Cc2cnc(Nc3ccc([N+](=O)C4CCN(C)CC4)cc3)nc21. The Hall–Kier alpha value is -2.87. The van der Waals surface area contributed by atoms with Gasteiger partial charge in [-0.1, -0.05) is 13.8 Å². The zero-order valence-corrected chi connectivity index (χ0v) is 18.5. The minimum atomic E-state index is 0.0312. The van der Waals surface area contributed by atoms with E-state index in [0.717, 1.165) is 54.8 Å². The van der Waals surface area contributed by atoms with Crippen LogP contribution in [-0.2, 0) is 11.2 Å². The Kier molecular flexibility index (Phi) is 6.27. The van der Waals surface area contributed by atoms with Crippen molar-refractivity contribution in [2.75, 3.05) is 30.4 Å². The van der Waals surface area contributed by atoms with Crippen LogP contribution in [0.2, 0.25) is 0 Å². The lowest BCUT2D eigenvalue weighted by Gasteiger charge is -2.25. The molecule has 0 spiro atoms. The average Bonchev–Trinajstić information content (AvgIpc) is 3.11. The van der Waals surface area contributed by atoms with E-state index in [1.807, 2.05) is 29.2 Å². The number of carbonyl (C=O) groups is 1. The number of rotatable bonds is 7. The third-order valence-corrected chi connectivity index (χ3v) is 6.39. The summed E-state index contributed by atoms with van der Waals surface area (Å²) in [6.07, 6.45) is 5.64. The molecule has 8 nitrogen and oxygen atoms in total. The lowest BCUT2D eigenvalue weighted by atomic mass is 10.0. The molecule has 1 saturated heterocycles. The van der Waals surface area contributed by atoms with Crippen molar-refractivity contribution in [3.8, 4) is 0 Å². The molecule has 0 bridgehead atoms. The van der Waals surface area contributed by atoms with Crippen molar-refractivity contribution in [1.82, 2.24) is 14.9 Å². The molecular weight excluding hydrogens is 392 g/mol. The summed E-state index contributed by atoms with van der Waals surface area (Å²) < 4.78 is 1.14. The van der Waals surface area contributed by atoms with Crippen LogP contribution in [0.25, 0.3) is 0 Å². The normalized spacial score (nSPS) is 17.3. The van der Waals surface area contributed by atoms with Crippen LogP contribution in [-0.4, -0.2) is 57.8 Å². The Labute approximate surface area is 183 Å². The van der Waals surface area contributed by atoms with Gasteiger partial charge in [0, 0.05) is 71.2 Å². The molecule has 1 amide bonds. The van der Waals surface area contributed by atoms with Gasteiger partial charge >= 0.3 is 0 Å². The lowest BCUT2D eigenvalue weighted by Crippen LogP contribution is -2.37. The molecule has 0 saturated carbocycles. The van der Waals surface area contributed by atoms with Crippen LogP contribution in [0.5, 0.6) is 0 Å². The first-order valence-corrected chi connectivity index (χ1v) is 11.2. The molecule has 2 aliphatic heterocycles. The summed E-state index contributed by atoms with van der Waals surface area (Å²) in [6, 6.07) is 7.59. The fraction of sp³-hybridized carbons (Fsp3) is 0.522. The number of fused-ring (bicyclic) bond motifs is 1. The first-order valence-electron chi connectivity index (χ1n) is 11.2. The summed E-state index contributed by atoms with van der Waals surface area (Å²) in [7, 11) is 2.09. The van der Waals surface area contributed by atoms with E-state index >= 15 is 0 Å². The summed E-state index contributed by atoms with van der Waals surface area (Å²) in [4.78, 5) is 38.3. The summed E-state index contributed by atoms with van der Waals surface area (Å²) in [5, 5.41) is 3.21. The van der Waals surface area contributed by atoms with Crippen LogP contribution in [0.4, 0.5) is 23.1 Å². The van der Waals surface area contributed by atoms with Crippen LogP contribution in [0.15, 0.2) is 30.5 Å². The van der Waals surface area contributed by atoms with Crippen molar-refractivity contribution in [2.24, 2.45) is 0 Å². The van der Waals surface area contributed by atoms with Gasteiger partial charge in [0.25, 0.3) is 5.69 Å². The van der Waals surface area contributed by atoms with Gasteiger partial charge in [0.05, 0.1) is 6.42 Å². The molecule has 1 aromatic carbocycles. The van der Waals surface area contributed by atoms with E-state index < -0.39 is 0 Å². The Balaban J connectivity index is 1.47. The number of aromatic nitrogens is 2. The summed E-state index contributed by atoms with van der Waals surface area (Å²) in [6.45, 7) is 6.09. The highest BCUT2D eigenvalue weighted by Gasteiger charge is 2.34. The van der Waals surface area contributed by atoms with Crippen LogP contribution in [0.3, 0.4) is 0 Å². The Morgan fingerprint density at radius 1 is 1.16 bits per heavy atom. The van der Waals surface area contributed by atoms with Gasteiger partial charge in [-0.15, -0.1) is 0 Å². The van der Waals surface area contributed by atoms with Crippen molar-refractivity contribution in [2.45, 2.75) is 58.0 Å². The molecule has 0 radical (unpaired) electrons. The second-order valence-electron chi connectivity index (χ2n) is 8.49. The van der Waals surface area contributed by atoms with Gasteiger partial charge in [-0.3, -0.25) is 9.69 Å². The third-order valence-electron chi connectivity index (χ3n) is 6.39. The molecule has 164 valence electrons. The number of anilines is 3. The van der Waals surface area contributed by atoms with Crippen LogP contribution in [0, 0.1) is 4.91 Å². The average molecular weight is 424 g/mol. The number of nitrogens with one attached hydrogen (secondary N) is 1. The van der Waals surface area contributed by atoms with Crippen molar-refractivity contribution < 1.29 is 9.55 Å². The number of piperidine rings is 1. The van der Waals surface area contributed by atoms with Crippen molar-refractivity contribution in [1.29, 1.82) is 0 Å². The molecule has 3 heterocycles. The molecule has 1 fully saturated rings. The molecule has 0 atom stereocenters. The molecular formula is C23H31N6O2+. The van der Waals surface area contributed by atoms with E-state index in [1.165, 1.54) is 0 Å². The van der Waals surface area contributed by atoms with Crippen molar-refractivity contribution in [3.63, 3.8) is 0 Å². The second kappa shape index (κ2) is 9.09. The predicted molar refractivity (Wildman–Crippen MR) is 121 cm³/mol. The third kappa shape index (κ3) is 4.44. The number of nitroso groups, excluding NO2 is 1. The van der Waals surface area contributed by atoms with Crippen LogP contribution < -0.4 is 10.2 Å². The number of amides is 1. The highest BCUT2D eigenvalue weighted by Crippen LogP contribution is 2.31. The molecule has 2 aliphatic rings. The standard InChI is InChI=1S/C23H31N6O2/c1-4-18(5-2)28-21(30)14-16-15-24-23(26-22(16)28)25-17-6-8-19(9-7-17)29(31)20-10-12-27(3)13-11-20/h6-9,15,18,20H,4-5,10-14H2,1-3H3,(H,24,25,26)/q+1. The first kappa shape index (κ1) is 21.4. The molecule has 1 aromatic heterocycles. The molecule has 4 rings (SSSR count). The fourth-order valence-corrected chi connectivity index (χ4v) is 4.45. The summed E-state index contributed by atoms with van der Waals surface area (Å²) in [5.41, 5.74) is 2.34. The number of nitrogens with zero attached hydrogens (tertiary/aromatic N) is 5. The monoisotopic (exact) mass is 423 g/mol. The lowest BCUT2D eigenvalue weighted by molar-refractivity contribution is -0.511. The number of likely N-dealkylation sites (tertiary alicyclic amines) is 1. The first-order chi connectivity index (χ1) is 15.0. The molecule has 2 aromatic rings. The largest absolute Gasteiger partial charge is 0.324 e. The quantitative estimate of drug-likeness (QED) is 0.682. The Morgan fingerprint density at radius 2 is 1.84 bits per heavy atom. The smallest absolute Gasteiger partial charge is 0.256 e. The number of carbonyl (C=O) groups excluding carboxylic acids is 1. The van der Waals surface area contributed by atoms with E-state index in [9.17, 15) is 9.70 Å². The molecule has 0 aliphatic carbocycles. The topological polar surface area (TPSA) is 81.4 Å². The highest BCUT2D eigenvalue weighted by molar-refractivity contribution is 6.00. The van der Waals surface area contributed by atoms with Crippen molar-refractivity contribution >= 4 is 29.0 Å². The van der Waals surface area contributed by atoms with Crippen LogP contribution >= 0.6 is 0 Å². The highest BCUT2D eigenvalue weighted by atomic mass is 16.3. The second-order valence-corrected chi connectivity index (χ2v) is 8.49. The number of hydrogen-bond donors (Lipinski definition) is 1. The minimum Gasteiger partial charge on any atom is -0.324 e.